The molecule has 0 aromatic carbocycles. The molecule has 0 heterocycles. The lowest BCUT2D eigenvalue weighted by Crippen LogP contribution is -2.33. The number of nitrogens with two attached hydrogens (primary N) is 1. The van der Waals surface area contributed by atoms with Crippen molar-refractivity contribution in [2.75, 3.05) is 6.61 Å². The van der Waals surface area contributed by atoms with Gasteiger partial charge in [-0.15, -0.1) is 0 Å². The van der Waals surface area contributed by atoms with Crippen LogP contribution in [0.5, 0.6) is 0 Å². The molecule has 0 saturated heterocycles. The summed E-state index contributed by atoms with van der Waals surface area (Å²) in [5, 5.41) is 8.35. The van der Waals surface area contributed by atoms with Crippen molar-refractivity contribution in [1.29, 1.82) is 0 Å². The second-order valence-corrected chi connectivity index (χ2v) is 3.25. The fourth-order valence-electron chi connectivity index (χ4n) is 1.52. The van der Waals surface area contributed by atoms with E-state index < -0.39 is 5.97 Å². The highest BCUT2D eigenvalue weighted by atomic mass is 16.5. The van der Waals surface area contributed by atoms with Crippen molar-refractivity contribution < 1.29 is 14.6 Å². The van der Waals surface area contributed by atoms with Crippen molar-refractivity contribution >= 4 is 5.97 Å². The minimum atomic E-state index is -0.908. The summed E-state index contributed by atoms with van der Waals surface area (Å²) in [6, 6.07) is 0.192. The number of carboxylic acid groups (broad SMARTS) is 1. The first-order chi connectivity index (χ1) is 5.68. The monoisotopic (exact) mass is 173 g/mol. The second kappa shape index (κ2) is 4.42. The molecule has 0 bridgehead atoms. The van der Waals surface area contributed by atoms with Crippen LogP contribution in [0.2, 0.25) is 0 Å². The Kier molecular flexibility index (Phi) is 3.49. The van der Waals surface area contributed by atoms with E-state index in [0.29, 0.717) is 0 Å². The maximum atomic E-state index is 10.2. The molecule has 0 unspecified atom stereocenters. The number of carbonyl (C=O) groups is 1. The normalized spacial score (nSPS) is 30.1. The molecule has 1 aliphatic carbocycles. The van der Waals surface area contributed by atoms with Gasteiger partial charge in [0.1, 0.15) is 6.61 Å². The molecule has 0 aliphatic heterocycles. The van der Waals surface area contributed by atoms with Crippen LogP contribution in [-0.4, -0.2) is 29.8 Å². The van der Waals surface area contributed by atoms with Crippen LogP contribution in [0, 0.1) is 0 Å². The summed E-state index contributed by atoms with van der Waals surface area (Å²) < 4.78 is 5.14. The Hall–Kier alpha value is -0.610. The van der Waals surface area contributed by atoms with E-state index in [2.05, 4.69) is 0 Å². The molecule has 1 fully saturated rings. The molecule has 12 heavy (non-hydrogen) atoms. The molecule has 70 valence electrons. The van der Waals surface area contributed by atoms with E-state index in [9.17, 15) is 4.79 Å². The summed E-state index contributed by atoms with van der Waals surface area (Å²) in [7, 11) is 0. The summed E-state index contributed by atoms with van der Waals surface area (Å²) in [4.78, 5) is 10.2. The molecule has 0 spiro atoms. The average Bonchev–Trinajstić information content (AvgIpc) is 2.01. The number of rotatable bonds is 3. The van der Waals surface area contributed by atoms with Gasteiger partial charge in [-0.2, -0.15) is 0 Å². The van der Waals surface area contributed by atoms with Gasteiger partial charge in [0.15, 0.2) is 0 Å². The van der Waals surface area contributed by atoms with Crippen molar-refractivity contribution in [3.8, 4) is 0 Å². The van der Waals surface area contributed by atoms with Crippen LogP contribution in [0.3, 0.4) is 0 Å². The predicted molar refractivity (Wildman–Crippen MR) is 43.8 cm³/mol. The summed E-state index contributed by atoms with van der Waals surface area (Å²) in [6.07, 6.45) is 3.89. The van der Waals surface area contributed by atoms with Crippen molar-refractivity contribution in [3.63, 3.8) is 0 Å². The van der Waals surface area contributed by atoms with Gasteiger partial charge in [0.05, 0.1) is 6.10 Å². The second-order valence-electron chi connectivity index (χ2n) is 3.25. The third-order valence-electron chi connectivity index (χ3n) is 2.11. The first-order valence-electron chi connectivity index (χ1n) is 4.27. The van der Waals surface area contributed by atoms with E-state index in [0.717, 1.165) is 25.7 Å². The van der Waals surface area contributed by atoms with Crippen LogP contribution in [0.1, 0.15) is 25.7 Å². The van der Waals surface area contributed by atoms with Gasteiger partial charge in [0.2, 0.25) is 0 Å². The Bertz CT molecular complexity index is 160. The van der Waals surface area contributed by atoms with E-state index >= 15 is 0 Å². The summed E-state index contributed by atoms with van der Waals surface area (Å²) in [5.74, 6) is -0.908. The van der Waals surface area contributed by atoms with Gasteiger partial charge in [-0.05, 0) is 25.7 Å². The third kappa shape index (κ3) is 3.19. The quantitative estimate of drug-likeness (QED) is 0.646. The van der Waals surface area contributed by atoms with E-state index in [1.165, 1.54) is 0 Å². The lowest BCUT2D eigenvalue weighted by Gasteiger charge is -2.25. The molecule has 2 atom stereocenters. The highest BCUT2D eigenvalue weighted by Crippen LogP contribution is 2.19. The van der Waals surface area contributed by atoms with E-state index in [-0.39, 0.29) is 18.8 Å². The molecule has 1 rings (SSSR count). The van der Waals surface area contributed by atoms with Crippen LogP contribution in [0.4, 0.5) is 0 Å². The highest BCUT2D eigenvalue weighted by Gasteiger charge is 2.20. The predicted octanol–water partition coefficient (Wildman–Crippen LogP) is 0.357. The number of hydrogen-bond donors (Lipinski definition) is 2. The molecule has 1 saturated carbocycles. The topological polar surface area (TPSA) is 72.5 Å². The summed E-state index contributed by atoms with van der Waals surface area (Å²) >= 11 is 0. The summed E-state index contributed by atoms with van der Waals surface area (Å²) in [5.41, 5.74) is 5.70. The maximum absolute atomic E-state index is 10.2. The number of ether oxygens (including phenoxy) is 1. The minimum absolute atomic E-state index is 0.0600. The fourth-order valence-corrected chi connectivity index (χ4v) is 1.52. The van der Waals surface area contributed by atoms with E-state index in [1.54, 1.807) is 0 Å². The van der Waals surface area contributed by atoms with Crippen LogP contribution >= 0.6 is 0 Å². The van der Waals surface area contributed by atoms with Crippen LogP contribution in [0.25, 0.3) is 0 Å². The van der Waals surface area contributed by atoms with Crippen molar-refractivity contribution in [1.82, 2.24) is 0 Å². The van der Waals surface area contributed by atoms with Gasteiger partial charge >= 0.3 is 5.97 Å². The van der Waals surface area contributed by atoms with Gasteiger partial charge < -0.3 is 15.6 Å². The lowest BCUT2D eigenvalue weighted by atomic mass is 9.94. The molecule has 0 radical (unpaired) electrons. The number of aliphatic carboxylic acids is 1. The van der Waals surface area contributed by atoms with Gasteiger partial charge in [0.25, 0.3) is 0 Å². The SMILES string of the molecule is N[C@H]1CCC[C@H](OCC(=O)O)C1. The molecule has 0 aromatic heterocycles. The average molecular weight is 173 g/mol. The zero-order valence-corrected chi connectivity index (χ0v) is 7.03. The minimum Gasteiger partial charge on any atom is -0.480 e. The highest BCUT2D eigenvalue weighted by molar-refractivity contribution is 5.68. The smallest absolute Gasteiger partial charge is 0.329 e. The first kappa shape index (κ1) is 9.48. The molecule has 4 nitrogen and oxygen atoms in total. The molecule has 0 amide bonds. The maximum Gasteiger partial charge on any atom is 0.329 e. The number of hydrogen-bond acceptors (Lipinski definition) is 3. The lowest BCUT2D eigenvalue weighted by molar-refractivity contribution is -0.145. The van der Waals surface area contributed by atoms with E-state index in [1.807, 2.05) is 0 Å². The largest absolute Gasteiger partial charge is 0.480 e. The Morgan fingerprint density at radius 1 is 1.58 bits per heavy atom. The molecular weight excluding hydrogens is 158 g/mol. The number of carboxylic acids is 1. The van der Waals surface area contributed by atoms with Crippen molar-refractivity contribution in [2.24, 2.45) is 5.73 Å². The van der Waals surface area contributed by atoms with Gasteiger partial charge in [0, 0.05) is 6.04 Å². The first-order valence-corrected chi connectivity index (χ1v) is 4.27. The molecule has 3 N–H and O–H groups in total. The van der Waals surface area contributed by atoms with Gasteiger partial charge in [-0.25, -0.2) is 4.79 Å². The van der Waals surface area contributed by atoms with Crippen molar-refractivity contribution in [3.05, 3.63) is 0 Å². The van der Waals surface area contributed by atoms with Crippen LogP contribution < -0.4 is 5.73 Å². The van der Waals surface area contributed by atoms with Gasteiger partial charge in [-0.1, -0.05) is 0 Å². The molecule has 0 aromatic rings. The third-order valence-corrected chi connectivity index (χ3v) is 2.11. The fraction of sp³-hybridized carbons (Fsp3) is 0.875. The molecule has 4 heteroatoms. The van der Waals surface area contributed by atoms with Crippen LogP contribution in [-0.2, 0) is 9.53 Å². The van der Waals surface area contributed by atoms with E-state index in [4.69, 9.17) is 15.6 Å². The Labute approximate surface area is 71.7 Å². The molecule has 1 aliphatic rings. The van der Waals surface area contributed by atoms with Gasteiger partial charge in [-0.3, -0.25) is 0 Å². The van der Waals surface area contributed by atoms with Crippen molar-refractivity contribution in [2.45, 2.75) is 37.8 Å². The standard InChI is InChI=1S/C8H15NO3/c9-6-2-1-3-7(4-6)12-5-8(10)11/h6-7H,1-5,9H2,(H,10,11)/t6-,7-/m0/s1. The molecular formula is C8H15NO3. The van der Waals surface area contributed by atoms with Crippen LogP contribution in [0.15, 0.2) is 0 Å². The summed E-state index contributed by atoms with van der Waals surface area (Å²) in [6.45, 7) is -0.197. The zero-order valence-electron chi connectivity index (χ0n) is 7.03. The zero-order chi connectivity index (χ0) is 8.97. The Balaban J connectivity index is 2.18. The Morgan fingerprint density at radius 3 is 2.92 bits per heavy atom. The Morgan fingerprint density at radius 2 is 2.33 bits per heavy atom.